The Bertz CT molecular complexity index is 741. The molecule has 9 atom stereocenters. The summed E-state index contributed by atoms with van der Waals surface area (Å²) in [6.07, 6.45) is 14.1. The summed E-state index contributed by atoms with van der Waals surface area (Å²) in [5, 5.41) is 14.7. The predicted octanol–water partition coefficient (Wildman–Crippen LogP) is 7.68. The Morgan fingerprint density at radius 2 is 1.94 bits per heavy atom. The zero-order chi connectivity index (χ0) is 22.4. The van der Waals surface area contributed by atoms with Gasteiger partial charge in [0.25, 0.3) is 0 Å². The highest BCUT2D eigenvalue weighted by molar-refractivity contribution is 5.28. The van der Waals surface area contributed by atoms with Crippen molar-refractivity contribution in [3.63, 3.8) is 0 Å². The van der Waals surface area contributed by atoms with E-state index in [1.165, 1.54) is 56.9 Å². The molecule has 0 aromatic rings. The van der Waals surface area contributed by atoms with Gasteiger partial charge in [0, 0.05) is 16.4 Å². The van der Waals surface area contributed by atoms with Gasteiger partial charge >= 0.3 is 0 Å². The van der Waals surface area contributed by atoms with Crippen molar-refractivity contribution in [3.8, 4) is 0 Å². The Morgan fingerprint density at radius 1 is 1.16 bits per heavy atom. The normalized spacial score (nSPS) is 45.2. The van der Waals surface area contributed by atoms with E-state index in [-0.39, 0.29) is 17.6 Å². The Labute approximate surface area is 189 Å². The van der Waals surface area contributed by atoms with E-state index in [2.05, 4.69) is 50.7 Å². The van der Waals surface area contributed by atoms with Crippen LogP contribution in [-0.2, 0) is 0 Å². The van der Waals surface area contributed by atoms with E-state index in [9.17, 15) is 10.6 Å². The number of hydrogen-bond acceptors (Lipinski definition) is 2. The third-order valence-electron chi connectivity index (χ3n) is 10.6. The highest BCUT2D eigenvalue weighted by Crippen LogP contribution is 2.67. The molecule has 4 rings (SSSR count). The van der Waals surface area contributed by atoms with Crippen molar-refractivity contribution in [1.29, 1.82) is 0 Å². The monoisotopic (exact) mass is 427 g/mol. The fraction of sp³-hybridized carbons (Fsp3) is 0.926. The molecule has 1 N–H and O–H groups in total. The molecule has 4 nitrogen and oxygen atoms in total. The van der Waals surface area contributed by atoms with Crippen molar-refractivity contribution in [1.82, 2.24) is 0 Å². The van der Waals surface area contributed by atoms with Gasteiger partial charge in [-0.25, -0.2) is 0 Å². The molecule has 0 heterocycles. The summed E-state index contributed by atoms with van der Waals surface area (Å²) in [5.41, 5.74) is 11.1. The van der Waals surface area contributed by atoms with Crippen LogP contribution in [0, 0.1) is 46.3 Å². The van der Waals surface area contributed by atoms with Gasteiger partial charge < -0.3 is 5.11 Å². The molecule has 0 aromatic heterocycles. The molecule has 174 valence electrons. The van der Waals surface area contributed by atoms with Gasteiger partial charge in [-0.15, -0.1) is 0 Å². The predicted molar refractivity (Wildman–Crippen MR) is 127 cm³/mol. The molecular formula is C27H45N3O. The SMILES string of the molecule is CC(C)CCC[C@@H](C)[C@H]1CC[C@H]2[C@@H]3CC=C4C[C@@H](O)CC(N=[N+]=[N-])[C@]4(C)[C@H]3CC[C@]12C. The minimum Gasteiger partial charge on any atom is -0.393 e. The summed E-state index contributed by atoms with van der Waals surface area (Å²) >= 11 is 0. The van der Waals surface area contributed by atoms with Crippen LogP contribution in [0.5, 0.6) is 0 Å². The lowest BCUT2D eigenvalue weighted by molar-refractivity contribution is -0.0637. The van der Waals surface area contributed by atoms with Gasteiger partial charge in [0.15, 0.2) is 0 Å². The lowest BCUT2D eigenvalue weighted by Crippen LogP contribution is -2.55. The van der Waals surface area contributed by atoms with Crippen molar-refractivity contribution in [2.24, 2.45) is 51.5 Å². The third kappa shape index (κ3) is 3.86. The van der Waals surface area contributed by atoms with Crippen LogP contribution in [-0.4, -0.2) is 17.3 Å². The average molecular weight is 428 g/mol. The van der Waals surface area contributed by atoms with Crippen molar-refractivity contribution >= 4 is 0 Å². The largest absolute Gasteiger partial charge is 0.393 e. The Morgan fingerprint density at radius 3 is 2.65 bits per heavy atom. The molecule has 0 saturated heterocycles. The number of allylic oxidation sites excluding steroid dienone is 1. The second kappa shape index (κ2) is 8.75. The van der Waals surface area contributed by atoms with Gasteiger partial charge in [-0.3, -0.25) is 0 Å². The van der Waals surface area contributed by atoms with Crippen molar-refractivity contribution in [2.45, 2.75) is 111 Å². The molecule has 4 aliphatic carbocycles. The van der Waals surface area contributed by atoms with E-state index in [4.69, 9.17) is 0 Å². The molecule has 0 spiro atoms. The first kappa shape index (κ1) is 23.2. The first-order chi connectivity index (χ1) is 14.7. The zero-order valence-corrected chi connectivity index (χ0v) is 20.6. The smallest absolute Gasteiger partial charge is 0.0581 e. The molecule has 4 heteroatoms. The molecule has 0 bridgehead atoms. The summed E-state index contributed by atoms with van der Waals surface area (Å²) in [6, 6.07) is -0.100. The zero-order valence-electron chi connectivity index (χ0n) is 20.6. The van der Waals surface area contributed by atoms with Crippen LogP contribution in [0.25, 0.3) is 10.4 Å². The first-order valence-corrected chi connectivity index (χ1v) is 13.1. The minimum atomic E-state index is -0.359. The second-order valence-electron chi connectivity index (χ2n) is 12.5. The van der Waals surface area contributed by atoms with E-state index in [0.717, 1.165) is 30.1 Å². The molecular weight excluding hydrogens is 382 g/mol. The van der Waals surface area contributed by atoms with Crippen LogP contribution in [0.4, 0.5) is 0 Å². The van der Waals surface area contributed by atoms with Crippen molar-refractivity contribution in [3.05, 3.63) is 22.1 Å². The first-order valence-electron chi connectivity index (χ1n) is 13.1. The van der Waals surface area contributed by atoms with Crippen molar-refractivity contribution in [2.75, 3.05) is 0 Å². The Balaban J connectivity index is 1.56. The van der Waals surface area contributed by atoms with Crippen molar-refractivity contribution < 1.29 is 5.11 Å². The molecule has 0 aliphatic heterocycles. The van der Waals surface area contributed by atoms with Crippen LogP contribution >= 0.6 is 0 Å². The van der Waals surface area contributed by atoms with E-state index in [1.54, 1.807) is 0 Å². The standard InChI is InChI=1S/C27H45N3O/c1-17(2)7-6-8-18(3)22-11-12-23-21-10-9-19-15-20(31)16-25(29-30-28)27(19,5)24(21)13-14-26(22,23)4/h9,17-18,20-25,31H,6-8,10-16H2,1-5H3/t18-,20-,21+,22-,23+,24+,25?,26-,27+/m1/s1. The quantitative estimate of drug-likeness (QED) is 0.201. The lowest BCUT2D eigenvalue weighted by atomic mass is 9.46. The summed E-state index contributed by atoms with van der Waals surface area (Å²) in [6.45, 7) is 12.2. The number of rotatable bonds is 6. The van der Waals surface area contributed by atoms with Crippen LogP contribution in [0.3, 0.4) is 0 Å². The van der Waals surface area contributed by atoms with Gasteiger partial charge in [-0.05, 0) is 91.4 Å². The third-order valence-corrected chi connectivity index (χ3v) is 10.6. The highest BCUT2D eigenvalue weighted by Gasteiger charge is 2.60. The average Bonchev–Trinajstić information content (AvgIpc) is 3.06. The van der Waals surface area contributed by atoms with Gasteiger partial charge in [-0.2, -0.15) is 0 Å². The summed E-state index contributed by atoms with van der Waals surface area (Å²) < 4.78 is 0. The number of aliphatic hydroxyl groups excluding tert-OH is 1. The maximum Gasteiger partial charge on any atom is 0.0581 e. The van der Waals surface area contributed by atoms with Crippen LogP contribution in [0.15, 0.2) is 16.8 Å². The summed E-state index contributed by atoms with van der Waals surface area (Å²) in [7, 11) is 0. The molecule has 0 amide bonds. The Hall–Kier alpha value is -0.990. The molecule has 0 aromatic carbocycles. The van der Waals surface area contributed by atoms with Gasteiger partial charge in [0.05, 0.1) is 6.10 Å². The number of aliphatic hydroxyl groups is 1. The van der Waals surface area contributed by atoms with Gasteiger partial charge in [0.2, 0.25) is 0 Å². The van der Waals surface area contributed by atoms with Crippen LogP contribution in [0.1, 0.15) is 98.8 Å². The maximum absolute atomic E-state index is 10.4. The second-order valence-corrected chi connectivity index (χ2v) is 12.5. The fourth-order valence-corrected chi connectivity index (χ4v) is 8.96. The maximum atomic E-state index is 10.4. The van der Waals surface area contributed by atoms with E-state index in [1.807, 2.05) is 0 Å². The number of fused-ring (bicyclic) bond motifs is 5. The van der Waals surface area contributed by atoms with E-state index in [0.29, 0.717) is 23.7 Å². The van der Waals surface area contributed by atoms with E-state index >= 15 is 0 Å². The topological polar surface area (TPSA) is 69.0 Å². The number of azide groups is 1. The van der Waals surface area contributed by atoms with Gasteiger partial charge in [0.1, 0.15) is 0 Å². The Kier molecular flexibility index (Phi) is 6.54. The molecule has 0 radical (unpaired) electrons. The highest BCUT2D eigenvalue weighted by atomic mass is 16.3. The summed E-state index contributed by atoms with van der Waals surface area (Å²) in [4.78, 5) is 3.21. The molecule has 3 fully saturated rings. The molecule has 3 saturated carbocycles. The number of nitrogens with zero attached hydrogens (tertiary/aromatic N) is 3. The van der Waals surface area contributed by atoms with Gasteiger partial charge in [-0.1, -0.05) is 70.6 Å². The molecule has 4 aliphatic rings. The molecule has 31 heavy (non-hydrogen) atoms. The summed E-state index contributed by atoms with van der Waals surface area (Å²) in [5.74, 6) is 4.63. The van der Waals surface area contributed by atoms with E-state index < -0.39 is 0 Å². The van der Waals surface area contributed by atoms with Crippen LogP contribution in [0.2, 0.25) is 0 Å². The van der Waals surface area contributed by atoms with Crippen LogP contribution < -0.4 is 0 Å². The molecule has 1 unspecified atom stereocenters. The minimum absolute atomic E-state index is 0.0589. The lowest BCUT2D eigenvalue weighted by Gasteiger charge is -2.60. The fourth-order valence-electron chi connectivity index (χ4n) is 8.96. The number of hydrogen-bond donors (Lipinski definition) is 1.